The average Bonchev–Trinajstić information content (AvgIpc) is 2.97. The number of hydrogen-bond donors (Lipinski definition) is 1. The van der Waals surface area contributed by atoms with Crippen molar-refractivity contribution in [3.8, 4) is 0 Å². The van der Waals surface area contributed by atoms with Crippen LogP contribution in [0.4, 0.5) is 0 Å². The van der Waals surface area contributed by atoms with Crippen LogP contribution in [-0.2, 0) is 13.0 Å². The number of nitrogens with zero attached hydrogens (tertiary/aromatic N) is 2. The van der Waals surface area contributed by atoms with E-state index in [1.165, 1.54) is 16.0 Å². The summed E-state index contributed by atoms with van der Waals surface area (Å²) in [5.74, 6) is 1.73. The first kappa shape index (κ1) is 12.8. The number of fused-ring (bicyclic) bond motifs is 1. The molecule has 4 heteroatoms. The van der Waals surface area contributed by atoms with Crippen LogP contribution in [-0.4, -0.2) is 21.6 Å². The van der Waals surface area contributed by atoms with Crippen LogP contribution in [0.3, 0.4) is 0 Å². The van der Waals surface area contributed by atoms with Crippen molar-refractivity contribution in [1.82, 2.24) is 9.78 Å². The van der Waals surface area contributed by atoms with E-state index in [1.54, 1.807) is 0 Å². The molecule has 0 fully saturated rings. The molecule has 100 valence electrons. The fourth-order valence-electron chi connectivity index (χ4n) is 2.59. The van der Waals surface area contributed by atoms with E-state index in [-0.39, 0.29) is 6.04 Å². The highest BCUT2D eigenvalue weighted by Crippen LogP contribution is 2.39. The van der Waals surface area contributed by atoms with Crippen LogP contribution in [0, 0.1) is 0 Å². The maximum absolute atomic E-state index is 5.82. The van der Waals surface area contributed by atoms with Crippen LogP contribution in [0.25, 0.3) is 0 Å². The quantitative estimate of drug-likeness (QED) is 0.931. The summed E-state index contributed by atoms with van der Waals surface area (Å²) in [6.45, 7) is 2.99. The van der Waals surface area contributed by atoms with Crippen LogP contribution >= 0.6 is 11.8 Å². The predicted molar refractivity (Wildman–Crippen MR) is 79.5 cm³/mol. The maximum atomic E-state index is 5.82. The third-order valence-corrected chi connectivity index (χ3v) is 4.70. The fraction of sp³-hybridized carbons (Fsp3) is 0.400. The molecule has 3 nitrogen and oxygen atoms in total. The van der Waals surface area contributed by atoms with Crippen molar-refractivity contribution in [2.24, 2.45) is 5.73 Å². The van der Waals surface area contributed by atoms with Crippen molar-refractivity contribution < 1.29 is 0 Å². The molecule has 3 rings (SSSR count). The van der Waals surface area contributed by atoms with E-state index in [9.17, 15) is 0 Å². The lowest BCUT2D eigenvalue weighted by Crippen LogP contribution is -2.17. The maximum Gasteiger partial charge on any atom is 0.0522 e. The fourth-order valence-corrected chi connectivity index (χ4v) is 3.83. The molecule has 2 aromatic rings. The van der Waals surface area contributed by atoms with E-state index in [4.69, 9.17) is 5.73 Å². The molecule has 0 spiro atoms. The van der Waals surface area contributed by atoms with Crippen molar-refractivity contribution in [1.29, 1.82) is 0 Å². The lowest BCUT2D eigenvalue weighted by molar-refractivity contribution is 0.548. The Kier molecular flexibility index (Phi) is 3.62. The lowest BCUT2D eigenvalue weighted by atomic mass is 10.0. The standard InChI is InChI=1S/C15H19N3S/c1-11(16)6-12-7-17-18(8-12)9-13-10-19-15-5-3-2-4-14(13)15/h2-5,7-8,11,13H,6,9-10,16H2,1H3. The van der Waals surface area contributed by atoms with Crippen LogP contribution in [0.5, 0.6) is 0 Å². The zero-order valence-electron chi connectivity index (χ0n) is 11.1. The van der Waals surface area contributed by atoms with E-state index in [2.05, 4.69) is 40.2 Å². The van der Waals surface area contributed by atoms with Gasteiger partial charge in [0.05, 0.1) is 6.20 Å². The highest BCUT2D eigenvalue weighted by molar-refractivity contribution is 7.99. The van der Waals surface area contributed by atoms with Gasteiger partial charge in [0.25, 0.3) is 0 Å². The van der Waals surface area contributed by atoms with E-state index >= 15 is 0 Å². The first-order valence-electron chi connectivity index (χ1n) is 6.71. The van der Waals surface area contributed by atoms with E-state index in [0.717, 1.165) is 18.7 Å². The van der Waals surface area contributed by atoms with Crippen molar-refractivity contribution in [3.05, 3.63) is 47.8 Å². The molecule has 1 aromatic heterocycles. The van der Waals surface area contributed by atoms with Crippen molar-refractivity contribution >= 4 is 11.8 Å². The third-order valence-electron chi connectivity index (χ3n) is 3.45. The molecular formula is C15H19N3S. The molecule has 2 N–H and O–H groups in total. The number of thioether (sulfide) groups is 1. The molecule has 0 aliphatic carbocycles. The number of rotatable bonds is 4. The highest BCUT2D eigenvalue weighted by atomic mass is 32.2. The molecule has 2 atom stereocenters. The highest BCUT2D eigenvalue weighted by Gasteiger charge is 2.23. The van der Waals surface area contributed by atoms with Gasteiger partial charge < -0.3 is 5.73 Å². The Bertz CT molecular complexity index is 562. The minimum absolute atomic E-state index is 0.195. The number of benzene rings is 1. The second-order valence-electron chi connectivity index (χ2n) is 5.30. The first-order chi connectivity index (χ1) is 9.22. The summed E-state index contributed by atoms with van der Waals surface area (Å²) in [4.78, 5) is 1.43. The molecule has 1 aliphatic heterocycles. The molecule has 0 bridgehead atoms. The summed E-state index contributed by atoms with van der Waals surface area (Å²) in [6.07, 6.45) is 4.97. The topological polar surface area (TPSA) is 43.8 Å². The minimum Gasteiger partial charge on any atom is -0.328 e. The number of aromatic nitrogens is 2. The van der Waals surface area contributed by atoms with Gasteiger partial charge in [-0.1, -0.05) is 18.2 Å². The van der Waals surface area contributed by atoms with Crippen molar-refractivity contribution in [2.45, 2.75) is 36.7 Å². The van der Waals surface area contributed by atoms with Crippen molar-refractivity contribution in [3.63, 3.8) is 0 Å². The molecule has 2 heterocycles. The van der Waals surface area contributed by atoms with E-state index < -0.39 is 0 Å². The van der Waals surface area contributed by atoms with Crippen LogP contribution in [0.1, 0.15) is 24.0 Å². The minimum atomic E-state index is 0.195. The van der Waals surface area contributed by atoms with Gasteiger partial charge in [0.2, 0.25) is 0 Å². The van der Waals surface area contributed by atoms with Gasteiger partial charge in [-0.05, 0) is 30.5 Å². The molecule has 0 radical (unpaired) electrons. The molecule has 1 aromatic carbocycles. The Balaban J connectivity index is 1.71. The van der Waals surface area contributed by atoms with Gasteiger partial charge in [-0.2, -0.15) is 5.10 Å². The first-order valence-corrected chi connectivity index (χ1v) is 7.69. The van der Waals surface area contributed by atoms with Crippen LogP contribution < -0.4 is 5.73 Å². The molecule has 0 amide bonds. The second-order valence-corrected chi connectivity index (χ2v) is 6.36. The Hall–Kier alpha value is -1.26. The van der Waals surface area contributed by atoms with Gasteiger partial charge in [0.15, 0.2) is 0 Å². The van der Waals surface area contributed by atoms with Gasteiger partial charge in [-0.15, -0.1) is 11.8 Å². The predicted octanol–water partition coefficient (Wildman–Crippen LogP) is 2.66. The number of nitrogens with two attached hydrogens (primary N) is 1. The summed E-state index contributed by atoms with van der Waals surface area (Å²) >= 11 is 1.95. The largest absolute Gasteiger partial charge is 0.328 e. The molecule has 1 aliphatic rings. The molecule has 0 saturated heterocycles. The second kappa shape index (κ2) is 5.39. The summed E-state index contributed by atoms with van der Waals surface area (Å²) in [7, 11) is 0. The average molecular weight is 273 g/mol. The van der Waals surface area contributed by atoms with Gasteiger partial charge in [0.1, 0.15) is 0 Å². The normalized spacial score (nSPS) is 19.4. The molecule has 0 saturated carbocycles. The zero-order valence-corrected chi connectivity index (χ0v) is 11.9. The van der Waals surface area contributed by atoms with Crippen LogP contribution in [0.2, 0.25) is 0 Å². The van der Waals surface area contributed by atoms with Gasteiger partial charge >= 0.3 is 0 Å². The number of hydrogen-bond acceptors (Lipinski definition) is 3. The summed E-state index contributed by atoms with van der Waals surface area (Å²) in [6, 6.07) is 8.89. The monoisotopic (exact) mass is 273 g/mol. The van der Waals surface area contributed by atoms with Crippen LogP contribution in [0.15, 0.2) is 41.6 Å². The Labute approximate surface area is 118 Å². The summed E-state index contributed by atoms with van der Waals surface area (Å²) < 4.78 is 2.06. The SMILES string of the molecule is CC(N)Cc1cnn(CC2CSc3ccccc32)c1. The van der Waals surface area contributed by atoms with Gasteiger partial charge in [0, 0.05) is 35.3 Å². The van der Waals surface area contributed by atoms with E-state index in [1.807, 2.05) is 24.9 Å². The zero-order chi connectivity index (χ0) is 13.2. The molecular weight excluding hydrogens is 254 g/mol. The smallest absolute Gasteiger partial charge is 0.0522 e. The van der Waals surface area contributed by atoms with E-state index in [0.29, 0.717) is 5.92 Å². The van der Waals surface area contributed by atoms with Gasteiger partial charge in [-0.3, -0.25) is 4.68 Å². The lowest BCUT2D eigenvalue weighted by Gasteiger charge is -2.10. The Morgan fingerprint density at radius 3 is 3.16 bits per heavy atom. The Morgan fingerprint density at radius 1 is 1.47 bits per heavy atom. The van der Waals surface area contributed by atoms with Crippen molar-refractivity contribution in [2.75, 3.05) is 5.75 Å². The third kappa shape index (κ3) is 2.85. The Morgan fingerprint density at radius 2 is 2.32 bits per heavy atom. The molecule has 2 unspecified atom stereocenters. The molecule has 19 heavy (non-hydrogen) atoms. The van der Waals surface area contributed by atoms with Gasteiger partial charge in [-0.25, -0.2) is 0 Å². The summed E-state index contributed by atoms with van der Waals surface area (Å²) in [5, 5.41) is 4.46. The summed E-state index contributed by atoms with van der Waals surface area (Å²) in [5.41, 5.74) is 8.52.